The van der Waals surface area contributed by atoms with E-state index in [9.17, 15) is 8.76 Å². The first-order valence-corrected chi connectivity index (χ1v) is 11.2. The molecule has 0 aromatic carbocycles. The van der Waals surface area contributed by atoms with E-state index in [2.05, 4.69) is 11.6 Å². The number of hydrogen-bond acceptors (Lipinski definition) is 2. The fourth-order valence-corrected chi connectivity index (χ4v) is 3.32. The van der Waals surface area contributed by atoms with Gasteiger partial charge in [-0.1, -0.05) is 110 Å². The van der Waals surface area contributed by atoms with E-state index in [-0.39, 0.29) is 0 Å². The summed E-state index contributed by atoms with van der Waals surface area (Å²) in [6.45, 7) is 2.87. The normalized spacial score (nSPS) is 12.6. The van der Waals surface area contributed by atoms with Crippen molar-refractivity contribution in [3.63, 3.8) is 0 Å². The average Bonchev–Trinajstić information content (AvgIpc) is 2.53. The molecule has 0 aliphatic carbocycles. The van der Waals surface area contributed by atoms with Crippen molar-refractivity contribution in [3.05, 3.63) is 0 Å². The molecule has 0 aliphatic heterocycles. The van der Waals surface area contributed by atoms with Crippen LogP contribution in [0, 0.1) is 0 Å². The Bertz CT molecular complexity index is 250. The fraction of sp³-hybridized carbons (Fsp3) is 1.00. The molecule has 0 fully saturated rings. The Balaban J connectivity index is 2.96. The van der Waals surface area contributed by atoms with Gasteiger partial charge in [0.05, 0.1) is 0 Å². The smallest absolute Gasteiger partial charge is 0.0181 e. The van der Waals surface area contributed by atoms with E-state index in [0.717, 1.165) is 12.8 Å². The van der Waals surface area contributed by atoms with Gasteiger partial charge in [-0.05, 0) is 6.42 Å². The van der Waals surface area contributed by atoms with Crippen molar-refractivity contribution < 1.29 is 8.76 Å². The minimum absolute atomic E-state index is 0.592. The predicted octanol–water partition coefficient (Wildman–Crippen LogP) is 6.02. The molecule has 0 heterocycles. The fourth-order valence-electron chi connectivity index (χ4n) is 3.01. The van der Waals surface area contributed by atoms with Crippen molar-refractivity contribution in [1.29, 1.82) is 0 Å². The zero-order chi connectivity index (χ0) is 17.0. The minimum atomic E-state index is -2.08. The van der Waals surface area contributed by atoms with Crippen molar-refractivity contribution >= 4 is 11.3 Å². The van der Waals surface area contributed by atoms with Crippen LogP contribution in [0.5, 0.6) is 0 Å². The second-order valence-electron chi connectivity index (χ2n) is 6.79. The zero-order valence-corrected chi connectivity index (χ0v) is 16.3. The van der Waals surface area contributed by atoms with E-state index < -0.39 is 11.3 Å². The quantitative estimate of drug-likeness (QED) is 0.229. The van der Waals surface area contributed by atoms with E-state index in [4.69, 9.17) is 0 Å². The lowest BCUT2D eigenvalue weighted by molar-refractivity contribution is 0.514. The van der Waals surface area contributed by atoms with Crippen LogP contribution in [0.2, 0.25) is 0 Å². The monoisotopic (exact) mass is 346 g/mol. The number of nitrogens with one attached hydrogen (secondary N) is 1. The SMILES string of the molecule is CCCCCCCCCCCCCCCCCCCNS(=O)[O-]. The van der Waals surface area contributed by atoms with Crippen LogP contribution in [-0.2, 0) is 11.3 Å². The van der Waals surface area contributed by atoms with Crippen molar-refractivity contribution in [2.75, 3.05) is 6.54 Å². The molecular weight excluding hydrogens is 306 g/mol. The zero-order valence-electron chi connectivity index (χ0n) is 15.5. The van der Waals surface area contributed by atoms with Gasteiger partial charge in [-0.3, -0.25) is 4.21 Å². The highest BCUT2D eigenvalue weighted by molar-refractivity contribution is 7.77. The molecule has 0 aromatic rings. The highest BCUT2D eigenvalue weighted by atomic mass is 32.2. The molecule has 4 heteroatoms. The topological polar surface area (TPSA) is 52.2 Å². The first-order chi connectivity index (χ1) is 11.3. The second kappa shape index (κ2) is 20.1. The van der Waals surface area contributed by atoms with Crippen molar-refractivity contribution in [3.8, 4) is 0 Å². The Labute approximate surface area is 147 Å². The standard InChI is InChI=1S/C19H41NO2S/c1-2-3-4-5-6-7-8-9-10-11-12-13-14-15-16-17-18-19-20-23(21)22/h20H,2-19H2,1H3,(H,21,22)/p-1. The molecule has 1 unspecified atom stereocenters. The van der Waals surface area contributed by atoms with Gasteiger partial charge in [0.25, 0.3) is 0 Å². The van der Waals surface area contributed by atoms with E-state index in [1.54, 1.807) is 0 Å². The van der Waals surface area contributed by atoms with Gasteiger partial charge in [-0.15, -0.1) is 0 Å². The van der Waals surface area contributed by atoms with E-state index in [1.165, 1.54) is 96.3 Å². The molecular formula is C19H40NO2S-. The third kappa shape index (κ3) is 22.1. The van der Waals surface area contributed by atoms with Crippen molar-refractivity contribution in [1.82, 2.24) is 4.72 Å². The maximum Gasteiger partial charge on any atom is 0.0181 e. The lowest BCUT2D eigenvalue weighted by atomic mass is 10.0. The largest absolute Gasteiger partial charge is 0.760 e. The third-order valence-corrected chi connectivity index (χ3v) is 4.94. The van der Waals surface area contributed by atoms with E-state index in [0.29, 0.717) is 6.54 Å². The molecule has 3 nitrogen and oxygen atoms in total. The van der Waals surface area contributed by atoms with Crippen LogP contribution in [0.4, 0.5) is 0 Å². The Hall–Kier alpha value is 0.0700. The summed E-state index contributed by atoms with van der Waals surface area (Å²) >= 11 is -2.08. The summed E-state index contributed by atoms with van der Waals surface area (Å²) in [6, 6.07) is 0. The van der Waals surface area contributed by atoms with Gasteiger partial charge in [-0.2, -0.15) is 0 Å². The molecule has 0 rings (SSSR count). The predicted molar refractivity (Wildman–Crippen MR) is 101 cm³/mol. The maximum absolute atomic E-state index is 10.3. The van der Waals surface area contributed by atoms with Crippen LogP contribution in [0.15, 0.2) is 0 Å². The van der Waals surface area contributed by atoms with Crippen molar-refractivity contribution in [2.45, 2.75) is 116 Å². The van der Waals surface area contributed by atoms with Gasteiger partial charge in [0, 0.05) is 17.8 Å². The summed E-state index contributed by atoms with van der Waals surface area (Å²) in [5.74, 6) is 0. The van der Waals surface area contributed by atoms with E-state index in [1.807, 2.05) is 0 Å². The summed E-state index contributed by atoms with van der Waals surface area (Å²) in [5.41, 5.74) is 0. The summed E-state index contributed by atoms with van der Waals surface area (Å²) in [7, 11) is 0. The van der Waals surface area contributed by atoms with Gasteiger partial charge in [0.1, 0.15) is 0 Å². The third-order valence-electron chi connectivity index (χ3n) is 4.50. The van der Waals surface area contributed by atoms with Crippen molar-refractivity contribution in [2.24, 2.45) is 0 Å². The minimum Gasteiger partial charge on any atom is -0.760 e. The summed E-state index contributed by atoms with van der Waals surface area (Å²) in [5, 5.41) is 0. The van der Waals surface area contributed by atoms with Crippen LogP contribution < -0.4 is 4.72 Å². The lowest BCUT2D eigenvalue weighted by Crippen LogP contribution is -2.17. The van der Waals surface area contributed by atoms with Crippen LogP contribution in [0.3, 0.4) is 0 Å². The maximum atomic E-state index is 10.3. The van der Waals surface area contributed by atoms with E-state index >= 15 is 0 Å². The molecule has 1 N–H and O–H groups in total. The first-order valence-electron chi connectivity index (χ1n) is 10.1. The van der Waals surface area contributed by atoms with Gasteiger partial charge >= 0.3 is 0 Å². The molecule has 140 valence electrons. The summed E-state index contributed by atoms with van der Waals surface area (Å²) in [4.78, 5) is 0. The summed E-state index contributed by atoms with van der Waals surface area (Å²) in [6.07, 6.45) is 23.0. The van der Waals surface area contributed by atoms with Crippen LogP contribution in [0.25, 0.3) is 0 Å². The Morgan fingerprint density at radius 2 is 0.913 bits per heavy atom. The first kappa shape index (κ1) is 23.1. The Morgan fingerprint density at radius 3 is 1.22 bits per heavy atom. The Kier molecular flexibility index (Phi) is 20.2. The van der Waals surface area contributed by atoms with Gasteiger partial charge in [0.15, 0.2) is 0 Å². The molecule has 0 amide bonds. The number of rotatable bonds is 19. The number of hydrogen-bond donors (Lipinski definition) is 1. The molecule has 0 saturated carbocycles. The lowest BCUT2D eigenvalue weighted by Gasteiger charge is -2.06. The van der Waals surface area contributed by atoms with Gasteiger partial charge < -0.3 is 4.55 Å². The number of unbranched alkanes of at least 4 members (excludes halogenated alkanes) is 16. The van der Waals surface area contributed by atoms with Gasteiger partial charge in [-0.25, -0.2) is 4.72 Å². The molecule has 0 aromatic heterocycles. The molecule has 23 heavy (non-hydrogen) atoms. The summed E-state index contributed by atoms with van der Waals surface area (Å²) < 4.78 is 22.9. The highest BCUT2D eigenvalue weighted by Gasteiger charge is 1.94. The molecule has 0 aliphatic rings. The molecule has 0 saturated heterocycles. The van der Waals surface area contributed by atoms with Crippen LogP contribution >= 0.6 is 0 Å². The molecule has 0 spiro atoms. The Morgan fingerprint density at radius 1 is 0.609 bits per heavy atom. The molecule has 1 atom stereocenters. The molecule has 0 radical (unpaired) electrons. The van der Waals surface area contributed by atoms with Crippen LogP contribution in [-0.4, -0.2) is 15.3 Å². The average molecular weight is 347 g/mol. The molecule has 0 bridgehead atoms. The van der Waals surface area contributed by atoms with Crippen LogP contribution in [0.1, 0.15) is 116 Å². The second-order valence-corrected chi connectivity index (χ2v) is 7.54. The highest BCUT2D eigenvalue weighted by Crippen LogP contribution is 2.13. The van der Waals surface area contributed by atoms with Gasteiger partial charge in [0.2, 0.25) is 0 Å².